The lowest BCUT2D eigenvalue weighted by Gasteiger charge is -2.22. The zero-order valence-corrected chi connectivity index (χ0v) is 23.5. The number of carboxylic acid groups (broad SMARTS) is 1. The van der Waals surface area contributed by atoms with Gasteiger partial charge in [-0.2, -0.15) is 0 Å². The molecule has 0 aliphatic carbocycles. The maximum atomic E-state index is 13.4. The van der Waals surface area contributed by atoms with E-state index in [2.05, 4.69) is 20.0 Å². The molecule has 7 nitrogen and oxygen atoms in total. The fourth-order valence-electron chi connectivity index (χ4n) is 4.98. The minimum Gasteiger partial charge on any atom is -0.478 e. The number of nitrogens with zero attached hydrogens (tertiary/aromatic N) is 1. The summed E-state index contributed by atoms with van der Waals surface area (Å²) in [5, 5.41) is 13.2. The van der Waals surface area contributed by atoms with Crippen molar-refractivity contribution in [2.45, 2.75) is 32.2 Å². The summed E-state index contributed by atoms with van der Waals surface area (Å²) < 4.78 is 43.3. The number of carbonyl (C=O) groups excluding carboxylic acids is 1. The number of aromatic amines is 1. The molecule has 1 atom stereocenters. The lowest BCUT2D eigenvalue weighted by molar-refractivity contribution is -0.275. The highest BCUT2D eigenvalue weighted by Crippen LogP contribution is 2.39. The number of nitrogens with one attached hydrogen (secondary N) is 2. The van der Waals surface area contributed by atoms with Crippen LogP contribution in [-0.4, -0.2) is 33.3 Å². The van der Waals surface area contributed by atoms with E-state index in [-0.39, 0.29) is 27.3 Å². The van der Waals surface area contributed by atoms with Gasteiger partial charge in [0.15, 0.2) is 0 Å². The van der Waals surface area contributed by atoms with Crippen LogP contribution in [0.5, 0.6) is 5.75 Å². The van der Waals surface area contributed by atoms with Crippen molar-refractivity contribution in [2.24, 2.45) is 0 Å². The highest BCUT2D eigenvalue weighted by atomic mass is 35.5. The molecule has 11 heteroatoms. The Hall–Kier alpha value is -4.83. The molecule has 0 radical (unpaired) electrons. The van der Waals surface area contributed by atoms with E-state index in [9.17, 15) is 27.9 Å². The number of rotatable bonds is 9. The Balaban J connectivity index is 1.52. The molecule has 4 aromatic carbocycles. The summed E-state index contributed by atoms with van der Waals surface area (Å²) in [6, 6.07) is 21.5. The lowest BCUT2D eigenvalue weighted by atomic mass is 9.93. The zero-order valence-electron chi connectivity index (χ0n) is 22.7. The summed E-state index contributed by atoms with van der Waals surface area (Å²) in [6.45, 7) is 1.83. The van der Waals surface area contributed by atoms with Crippen LogP contribution in [0.25, 0.3) is 33.5 Å². The van der Waals surface area contributed by atoms with E-state index in [0.717, 1.165) is 11.0 Å². The number of imidazole rings is 1. The topological polar surface area (TPSA) is 104 Å². The second kappa shape index (κ2) is 12.2. The van der Waals surface area contributed by atoms with Gasteiger partial charge in [-0.1, -0.05) is 73.5 Å². The third-order valence-electron chi connectivity index (χ3n) is 6.84. The molecule has 43 heavy (non-hydrogen) atoms. The molecule has 1 aromatic heterocycles. The number of hydrogen-bond donors (Lipinski definition) is 3. The molecule has 1 heterocycles. The molecule has 3 N–H and O–H groups in total. The largest absolute Gasteiger partial charge is 0.573 e. The minimum atomic E-state index is -4.91. The predicted molar refractivity (Wildman–Crippen MR) is 157 cm³/mol. The minimum absolute atomic E-state index is 0.00816. The molecule has 0 spiro atoms. The first-order valence-corrected chi connectivity index (χ1v) is 13.7. The van der Waals surface area contributed by atoms with Crippen LogP contribution in [0.2, 0.25) is 5.02 Å². The second-order valence-corrected chi connectivity index (χ2v) is 10.1. The maximum absolute atomic E-state index is 13.4. The normalized spacial score (nSPS) is 12.2. The summed E-state index contributed by atoms with van der Waals surface area (Å²) in [6.07, 6.45) is -4.06. The Bertz CT molecular complexity index is 1790. The highest BCUT2D eigenvalue weighted by Gasteiger charge is 2.33. The van der Waals surface area contributed by atoms with Crippen molar-refractivity contribution in [3.8, 4) is 28.3 Å². The second-order valence-electron chi connectivity index (χ2n) is 9.73. The molecule has 1 unspecified atom stereocenters. The van der Waals surface area contributed by atoms with E-state index < -0.39 is 30.0 Å². The number of benzene rings is 4. The first-order valence-electron chi connectivity index (χ1n) is 13.3. The van der Waals surface area contributed by atoms with E-state index in [1.807, 2.05) is 31.2 Å². The number of alkyl halides is 3. The number of hydrogen-bond acceptors (Lipinski definition) is 4. The Morgan fingerprint density at radius 2 is 1.74 bits per heavy atom. The van der Waals surface area contributed by atoms with Gasteiger partial charge in [0.25, 0.3) is 5.91 Å². The summed E-state index contributed by atoms with van der Waals surface area (Å²) in [5.41, 5.74) is 2.72. The molecule has 5 aromatic rings. The summed E-state index contributed by atoms with van der Waals surface area (Å²) in [7, 11) is 0. The number of aromatic nitrogens is 2. The van der Waals surface area contributed by atoms with E-state index in [0.29, 0.717) is 29.8 Å². The van der Waals surface area contributed by atoms with Crippen LogP contribution < -0.4 is 10.1 Å². The lowest BCUT2D eigenvalue weighted by Crippen LogP contribution is -2.29. The number of carbonyl (C=O) groups is 2. The van der Waals surface area contributed by atoms with Gasteiger partial charge >= 0.3 is 12.3 Å². The smallest absolute Gasteiger partial charge is 0.478 e. The SMILES string of the molecule is CCCC(NC(=O)c1ccc(-c2c(Cl)cccc2-c2nc3ccccc3[nH]2)c(C(=O)O)c1)c1ccccc1OC(F)(F)F. The van der Waals surface area contributed by atoms with Crippen molar-refractivity contribution in [3.63, 3.8) is 0 Å². The van der Waals surface area contributed by atoms with Crippen molar-refractivity contribution in [3.05, 3.63) is 107 Å². The molecule has 220 valence electrons. The number of amides is 1. The average molecular weight is 608 g/mol. The highest BCUT2D eigenvalue weighted by molar-refractivity contribution is 6.34. The number of aromatic carboxylic acids is 1. The number of para-hydroxylation sites is 3. The molecule has 0 aliphatic rings. The van der Waals surface area contributed by atoms with Crippen LogP contribution in [-0.2, 0) is 0 Å². The van der Waals surface area contributed by atoms with Gasteiger partial charge in [0, 0.05) is 27.3 Å². The Labute approximate surface area is 249 Å². The fourth-order valence-corrected chi connectivity index (χ4v) is 5.25. The van der Waals surface area contributed by atoms with Crippen molar-refractivity contribution in [1.82, 2.24) is 15.3 Å². The summed E-state index contributed by atoms with van der Waals surface area (Å²) in [5.74, 6) is -1.90. The third kappa shape index (κ3) is 6.49. The van der Waals surface area contributed by atoms with Crippen LogP contribution >= 0.6 is 11.6 Å². The maximum Gasteiger partial charge on any atom is 0.573 e. The number of fused-ring (bicyclic) bond motifs is 1. The monoisotopic (exact) mass is 607 g/mol. The third-order valence-corrected chi connectivity index (χ3v) is 7.16. The predicted octanol–water partition coefficient (Wildman–Crippen LogP) is 8.42. The summed E-state index contributed by atoms with van der Waals surface area (Å²) in [4.78, 5) is 33.7. The Morgan fingerprint density at radius 3 is 2.47 bits per heavy atom. The standard InChI is InChI=1S/C32H25ClF3N3O4/c1-2-8-24(20-9-3-6-14-27(20)43-32(34,35)36)39-30(40)18-15-16-19(22(17-18)31(41)42)28-21(10-7-11-23(28)33)29-37-25-12-4-5-13-26(25)38-29/h3-7,9-17,24H,2,8H2,1H3,(H,37,38)(H,39,40)(H,41,42). The van der Waals surface area contributed by atoms with Crippen LogP contribution in [0.15, 0.2) is 84.9 Å². The molecular weight excluding hydrogens is 583 g/mol. The summed E-state index contributed by atoms with van der Waals surface area (Å²) >= 11 is 6.62. The quantitative estimate of drug-likeness (QED) is 0.156. The van der Waals surface area contributed by atoms with Gasteiger partial charge in [0.05, 0.1) is 22.6 Å². The molecule has 0 saturated heterocycles. The van der Waals surface area contributed by atoms with E-state index >= 15 is 0 Å². The molecule has 1 amide bonds. The molecule has 0 fully saturated rings. The van der Waals surface area contributed by atoms with Gasteiger partial charge in [0.1, 0.15) is 11.6 Å². The van der Waals surface area contributed by atoms with Crippen LogP contribution in [0.3, 0.4) is 0 Å². The molecule has 5 rings (SSSR count). The van der Waals surface area contributed by atoms with Gasteiger partial charge < -0.3 is 20.1 Å². The van der Waals surface area contributed by atoms with Crippen molar-refractivity contribution in [2.75, 3.05) is 0 Å². The first kappa shape index (κ1) is 29.7. The molecule has 0 saturated carbocycles. The van der Waals surface area contributed by atoms with Gasteiger partial charge in [0.2, 0.25) is 0 Å². The van der Waals surface area contributed by atoms with Crippen LogP contribution in [0.1, 0.15) is 52.1 Å². The van der Waals surface area contributed by atoms with E-state index in [4.69, 9.17) is 11.6 Å². The van der Waals surface area contributed by atoms with Crippen molar-refractivity contribution in [1.29, 1.82) is 0 Å². The van der Waals surface area contributed by atoms with Gasteiger partial charge in [-0.15, -0.1) is 13.2 Å². The van der Waals surface area contributed by atoms with Gasteiger partial charge in [-0.25, -0.2) is 9.78 Å². The first-order chi connectivity index (χ1) is 20.6. The molecule has 0 aliphatic heterocycles. The number of carboxylic acids is 1. The number of ether oxygens (including phenoxy) is 1. The van der Waals surface area contributed by atoms with Gasteiger partial charge in [-0.05, 0) is 48.4 Å². The van der Waals surface area contributed by atoms with Gasteiger partial charge in [-0.3, -0.25) is 4.79 Å². The van der Waals surface area contributed by atoms with Crippen molar-refractivity contribution >= 4 is 34.5 Å². The molecule has 0 bridgehead atoms. The van der Waals surface area contributed by atoms with Crippen LogP contribution in [0.4, 0.5) is 13.2 Å². The van der Waals surface area contributed by atoms with E-state index in [1.165, 1.54) is 36.4 Å². The Morgan fingerprint density at radius 1 is 1.00 bits per heavy atom. The number of halogens is 4. The van der Waals surface area contributed by atoms with Crippen LogP contribution in [0, 0.1) is 0 Å². The van der Waals surface area contributed by atoms with E-state index in [1.54, 1.807) is 24.3 Å². The Kier molecular flexibility index (Phi) is 8.40. The number of H-pyrrole nitrogens is 1. The zero-order chi connectivity index (χ0) is 30.7. The average Bonchev–Trinajstić information content (AvgIpc) is 3.40. The fraction of sp³-hybridized carbons (Fsp3) is 0.156. The van der Waals surface area contributed by atoms with Crippen molar-refractivity contribution < 1.29 is 32.6 Å². The molecular formula is C32H25ClF3N3O4.